The van der Waals surface area contributed by atoms with Gasteiger partial charge in [-0.05, 0) is 43.5 Å². The van der Waals surface area contributed by atoms with Crippen LogP contribution in [0.2, 0.25) is 0 Å². The van der Waals surface area contributed by atoms with Gasteiger partial charge in [0.25, 0.3) is 0 Å². The lowest BCUT2D eigenvalue weighted by Gasteiger charge is -2.15. The maximum atomic E-state index is 13.8. The van der Waals surface area contributed by atoms with Crippen LogP contribution in [0.4, 0.5) is 4.39 Å². The molecule has 0 fully saturated rings. The van der Waals surface area contributed by atoms with E-state index in [-0.39, 0.29) is 17.7 Å². The van der Waals surface area contributed by atoms with Crippen molar-refractivity contribution >= 4 is 5.91 Å². The Hall–Kier alpha value is -2.37. The van der Waals surface area contributed by atoms with Crippen molar-refractivity contribution in [1.82, 2.24) is 15.5 Å². The molecule has 22 heavy (non-hydrogen) atoms. The molecule has 2 aromatic rings. The minimum Gasteiger partial charge on any atom is -0.491 e. The first-order chi connectivity index (χ1) is 10.6. The fourth-order valence-electron chi connectivity index (χ4n) is 2.13. The number of H-pyrrole nitrogens is 1. The van der Waals surface area contributed by atoms with E-state index in [9.17, 15) is 9.18 Å². The summed E-state index contributed by atoms with van der Waals surface area (Å²) < 4.78 is 19.0. The molecule has 0 saturated heterocycles. The number of aromatic nitrogens is 2. The van der Waals surface area contributed by atoms with Gasteiger partial charge in [0.05, 0.1) is 18.8 Å². The number of aromatic amines is 1. The van der Waals surface area contributed by atoms with Crippen LogP contribution in [-0.4, -0.2) is 22.7 Å². The third-order valence-corrected chi connectivity index (χ3v) is 3.33. The van der Waals surface area contributed by atoms with E-state index in [0.29, 0.717) is 25.0 Å². The Bertz CT molecular complexity index is 614. The van der Waals surface area contributed by atoms with Crippen LogP contribution in [0.3, 0.4) is 0 Å². The summed E-state index contributed by atoms with van der Waals surface area (Å²) in [7, 11) is 0. The quantitative estimate of drug-likeness (QED) is 0.826. The maximum absolute atomic E-state index is 13.8. The zero-order valence-corrected chi connectivity index (χ0v) is 12.7. The van der Waals surface area contributed by atoms with Gasteiger partial charge in [-0.3, -0.25) is 9.89 Å². The van der Waals surface area contributed by atoms with Crippen molar-refractivity contribution in [1.29, 1.82) is 0 Å². The van der Waals surface area contributed by atoms with Gasteiger partial charge in [-0.25, -0.2) is 4.39 Å². The fourth-order valence-corrected chi connectivity index (χ4v) is 2.13. The monoisotopic (exact) mass is 305 g/mol. The lowest BCUT2D eigenvalue weighted by atomic mass is 10.1. The smallest absolute Gasteiger partial charge is 0.220 e. The standard InChI is InChI=1S/C16H20FN3O2/c1-3-22-15-6-5-13(8-14(15)17)11(2)20-16(21)7-4-12-9-18-19-10-12/h5-6,8-11H,3-4,7H2,1-2H3,(H,18,19)(H,20,21)/t11-/m0/s1. The minimum atomic E-state index is -0.418. The Morgan fingerprint density at radius 3 is 2.95 bits per heavy atom. The molecule has 2 N–H and O–H groups in total. The predicted octanol–water partition coefficient (Wildman–Crippen LogP) is 2.76. The van der Waals surface area contributed by atoms with Crippen molar-refractivity contribution in [2.45, 2.75) is 32.7 Å². The number of amides is 1. The number of carbonyl (C=O) groups excluding carboxylic acids is 1. The summed E-state index contributed by atoms with van der Waals surface area (Å²) in [4.78, 5) is 11.9. The SMILES string of the molecule is CCOc1ccc([C@H](C)NC(=O)CCc2cn[nH]c2)cc1F. The molecule has 2 rings (SSSR count). The summed E-state index contributed by atoms with van der Waals surface area (Å²) in [5, 5.41) is 9.40. The highest BCUT2D eigenvalue weighted by Gasteiger charge is 2.12. The third-order valence-electron chi connectivity index (χ3n) is 3.33. The van der Waals surface area contributed by atoms with E-state index in [1.807, 2.05) is 6.92 Å². The van der Waals surface area contributed by atoms with Gasteiger partial charge in [0.2, 0.25) is 5.91 Å². The van der Waals surface area contributed by atoms with Crippen LogP contribution in [0.15, 0.2) is 30.6 Å². The Kier molecular flexibility index (Phi) is 5.52. The van der Waals surface area contributed by atoms with E-state index in [2.05, 4.69) is 15.5 Å². The van der Waals surface area contributed by atoms with E-state index in [1.54, 1.807) is 31.5 Å². The average Bonchev–Trinajstić information content (AvgIpc) is 3.00. The molecule has 0 aliphatic rings. The first-order valence-corrected chi connectivity index (χ1v) is 7.29. The molecule has 0 aliphatic carbocycles. The molecule has 1 aromatic heterocycles. The second-order valence-corrected chi connectivity index (χ2v) is 5.02. The summed E-state index contributed by atoms with van der Waals surface area (Å²) >= 11 is 0. The molecule has 0 bridgehead atoms. The number of carbonyl (C=O) groups is 1. The van der Waals surface area contributed by atoms with Crippen LogP contribution in [0, 0.1) is 5.82 Å². The predicted molar refractivity (Wildman–Crippen MR) is 81.0 cm³/mol. The lowest BCUT2D eigenvalue weighted by molar-refractivity contribution is -0.121. The molecule has 0 saturated carbocycles. The van der Waals surface area contributed by atoms with Gasteiger partial charge in [0.1, 0.15) is 0 Å². The molecule has 1 amide bonds. The molecule has 5 nitrogen and oxygen atoms in total. The van der Waals surface area contributed by atoms with Gasteiger partial charge >= 0.3 is 0 Å². The van der Waals surface area contributed by atoms with E-state index < -0.39 is 5.82 Å². The van der Waals surface area contributed by atoms with Gasteiger partial charge in [0, 0.05) is 12.6 Å². The van der Waals surface area contributed by atoms with Crippen molar-refractivity contribution in [2.24, 2.45) is 0 Å². The molecule has 0 aliphatic heterocycles. The number of benzene rings is 1. The number of nitrogens with zero attached hydrogens (tertiary/aromatic N) is 1. The molecule has 118 valence electrons. The molecule has 1 heterocycles. The number of ether oxygens (including phenoxy) is 1. The normalized spacial score (nSPS) is 12.0. The second-order valence-electron chi connectivity index (χ2n) is 5.02. The average molecular weight is 305 g/mol. The first kappa shape index (κ1) is 16.0. The Morgan fingerprint density at radius 1 is 1.50 bits per heavy atom. The topological polar surface area (TPSA) is 67.0 Å². The highest BCUT2D eigenvalue weighted by atomic mass is 19.1. The van der Waals surface area contributed by atoms with Crippen molar-refractivity contribution in [3.05, 3.63) is 47.5 Å². The Balaban J connectivity index is 1.89. The summed E-state index contributed by atoms with van der Waals surface area (Å²) in [6.07, 6.45) is 4.44. The van der Waals surface area contributed by atoms with Gasteiger partial charge < -0.3 is 10.1 Å². The number of hydrogen-bond acceptors (Lipinski definition) is 3. The van der Waals surface area contributed by atoms with Crippen molar-refractivity contribution in [3.8, 4) is 5.75 Å². The van der Waals surface area contributed by atoms with Crippen LogP contribution in [0.5, 0.6) is 5.75 Å². The van der Waals surface area contributed by atoms with Crippen molar-refractivity contribution in [2.75, 3.05) is 6.61 Å². The minimum absolute atomic E-state index is 0.0806. The summed E-state index contributed by atoms with van der Waals surface area (Å²) in [6.45, 7) is 4.04. The van der Waals surface area contributed by atoms with E-state index in [1.165, 1.54) is 6.07 Å². The second kappa shape index (κ2) is 7.59. The van der Waals surface area contributed by atoms with Crippen LogP contribution < -0.4 is 10.1 Å². The number of nitrogens with one attached hydrogen (secondary N) is 2. The molecule has 0 unspecified atom stereocenters. The molecule has 1 atom stereocenters. The number of hydrogen-bond donors (Lipinski definition) is 2. The molecule has 0 radical (unpaired) electrons. The largest absolute Gasteiger partial charge is 0.491 e. The van der Waals surface area contributed by atoms with E-state index in [0.717, 1.165) is 5.56 Å². The highest BCUT2D eigenvalue weighted by molar-refractivity contribution is 5.76. The summed E-state index contributed by atoms with van der Waals surface area (Å²) in [6, 6.07) is 4.48. The zero-order valence-electron chi connectivity index (χ0n) is 12.7. The summed E-state index contributed by atoms with van der Waals surface area (Å²) in [5.41, 5.74) is 1.69. The number of aryl methyl sites for hydroxylation is 1. The molecule has 6 heteroatoms. The van der Waals surface area contributed by atoms with Crippen molar-refractivity contribution in [3.63, 3.8) is 0 Å². The van der Waals surface area contributed by atoms with Crippen molar-refractivity contribution < 1.29 is 13.9 Å². The Morgan fingerprint density at radius 2 is 2.32 bits per heavy atom. The molecule has 1 aromatic carbocycles. The third kappa shape index (κ3) is 4.31. The lowest BCUT2D eigenvalue weighted by Crippen LogP contribution is -2.26. The number of rotatable bonds is 7. The summed E-state index contributed by atoms with van der Waals surface area (Å²) in [5.74, 6) is -0.272. The maximum Gasteiger partial charge on any atom is 0.220 e. The van der Waals surface area contributed by atoms with Gasteiger partial charge in [0.15, 0.2) is 11.6 Å². The van der Waals surface area contributed by atoms with Crippen LogP contribution in [0.1, 0.15) is 37.4 Å². The highest BCUT2D eigenvalue weighted by Crippen LogP contribution is 2.22. The fraction of sp³-hybridized carbons (Fsp3) is 0.375. The van der Waals surface area contributed by atoms with Crippen LogP contribution in [0.25, 0.3) is 0 Å². The zero-order chi connectivity index (χ0) is 15.9. The van der Waals surface area contributed by atoms with Crippen LogP contribution >= 0.6 is 0 Å². The first-order valence-electron chi connectivity index (χ1n) is 7.29. The van der Waals surface area contributed by atoms with E-state index >= 15 is 0 Å². The number of halogens is 1. The van der Waals surface area contributed by atoms with Gasteiger partial charge in [-0.15, -0.1) is 0 Å². The van der Waals surface area contributed by atoms with Gasteiger partial charge in [-0.2, -0.15) is 5.10 Å². The van der Waals surface area contributed by atoms with Crippen LogP contribution in [-0.2, 0) is 11.2 Å². The van der Waals surface area contributed by atoms with E-state index in [4.69, 9.17) is 4.74 Å². The molecular weight excluding hydrogens is 285 g/mol. The Labute approximate surface area is 128 Å². The molecular formula is C16H20FN3O2. The van der Waals surface area contributed by atoms with Gasteiger partial charge in [-0.1, -0.05) is 6.07 Å². The molecule has 0 spiro atoms.